The SMILES string of the molecule is CC1(NCc2ccc([N+](=O)[O-])s2)CC1. The second kappa shape index (κ2) is 3.33. The van der Waals surface area contributed by atoms with Crippen molar-refractivity contribution in [2.75, 3.05) is 0 Å². The molecule has 1 saturated carbocycles. The topological polar surface area (TPSA) is 55.2 Å². The molecule has 0 saturated heterocycles. The summed E-state index contributed by atoms with van der Waals surface area (Å²) in [7, 11) is 0. The largest absolute Gasteiger partial charge is 0.324 e. The van der Waals surface area contributed by atoms with Crippen LogP contribution >= 0.6 is 11.3 Å². The normalized spacial score (nSPS) is 18.1. The highest BCUT2D eigenvalue weighted by molar-refractivity contribution is 7.15. The Labute approximate surface area is 86.1 Å². The molecule has 1 aromatic rings. The average Bonchev–Trinajstić information content (AvgIpc) is 2.68. The fourth-order valence-corrected chi connectivity index (χ4v) is 1.98. The Morgan fingerprint density at radius 2 is 2.36 bits per heavy atom. The lowest BCUT2D eigenvalue weighted by molar-refractivity contribution is -0.380. The van der Waals surface area contributed by atoms with Gasteiger partial charge in [-0.1, -0.05) is 11.3 Å². The van der Waals surface area contributed by atoms with Gasteiger partial charge in [-0.2, -0.15) is 0 Å². The van der Waals surface area contributed by atoms with E-state index in [4.69, 9.17) is 0 Å². The molecule has 5 heteroatoms. The quantitative estimate of drug-likeness (QED) is 0.615. The van der Waals surface area contributed by atoms with E-state index in [1.54, 1.807) is 6.07 Å². The van der Waals surface area contributed by atoms with Gasteiger partial charge in [0.15, 0.2) is 0 Å². The van der Waals surface area contributed by atoms with Gasteiger partial charge in [-0.3, -0.25) is 10.1 Å². The molecule has 0 amide bonds. The molecule has 1 heterocycles. The summed E-state index contributed by atoms with van der Waals surface area (Å²) in [4.78, 5) is 11.1. The van der Waals surface area contributed by atoms with Gasteiger partial charge in [-0.05, 0) is 25.8 Å². The first-order valence-corrected chi connectivity index (χ1v) is 5.39. The molecule has 4 nitrogen and oxygen atoms in total. The Morgan fingerprint density at radius 3 is 2.86 bits per heavy atom. The van der Waals surface area contributed by atoms with Crippen molar-refractivity contribution in [3.63, 3.8) is 0 Å². The molecule has 2 rings (SSSR count). The van der Waals surface area contributed by atoms with E-state index < -0.39 is 0 Å². The van der Waals surface area contributed by atoms with Crippen LogP contribution < -0.4 is 5.32 Å². The molecule has 0 radical (unpaired) electrons. The Kier molecular flexibility index (Phi) is 2.28. The van der Waals surface area contributed by atoms with E-state index >= 15 is 0 Å². The van der Waals surface area contributed by atoms with Crippen molar-refractivity contribution in [3.8, 4) is 0 Å². The standard InChI is InChI=1S/C9H12N2O2S/c1-9(4-5-9)10-6-7-2-3-8(14-7)11(12)13/h2-3,10H,4-6H2,1H3. The Hall–Kier alpha value is -0.940. The van der Waals surface area contributed by atoms with Gasteiger partial charge in [0.25, 0.3) is 0 Å². The fourth-order valence-electron chi connectivity index (χ4n) is 1.22. The van der Waals surface area contributed by atoms with Crippen molar-refractivity contribution in [1.82, 2.24) is 5.32 Å². The Balaban J connectivity index is 1.93. The number of nitro groups is 1. The van der Waals surface area contributed by atoms with Gasteiger partial charge in [0, 0.05) is 23.0 Å². The highest BCUT2D eigenvalue weighted by atomic mass is 32.1. The van der Waals surface area contributed by atoms with Crippen LogP contribution in [0.15, 0.2) is 12.1 Å². The molecule has 0 bridgehead atoms. The van der Waals surface area contributed by atoms with Crippen LogP contribution in [0, 0.1) is 10.1 Å². The smallest absolute Gasteiger partial charge is 0.307 e. The van der Waals surface area contributed by atoms with Crippen LogP contribution in [0.4, 0.5) is 5.00 Å². The summed E-state index contributed by atoms with van der Waals surface area (Å²) in [5.41, 5.74) is 0.290. The van der Waals surface area contributed by atoms with E-state index in [1.807, 2.05) is 6.07 Å². The number of rotatable bonds is 4. The Bertz CT molecular complexity index is 357. The molecule has 76 valence electrons. The van der Waals surface area contributed by atoms with Crippen LogP contribution in [-0.4, -0.2) is 10.5 Å². The van der Waals surface area contributed by atoms with Crippen molar-refractivity contribution in [2.24, 2.45) is 0 Å². The third kappa shape index (κ3) is 2.10. The lowest BCUT2D eigenvalue weighted by Crippen LogP contribution is -2.26. The summed E-state index contributed by atoms with van der Waals surface area (Å²) in [6, 6.07) is 3.39. The molecule has 1 aliphatic rings. The van der Waals surface area contributed by atoms with Gasteiger partial charge in [0.2, 0.25) is 0 Å². The zero-order valence-electron chi connectivity index (χ0n) is 7.95. The molecule has 1 N–H and O–H groups in total. The van der Waals surface area contributed by atoms with E-state index in [1.165, 1.54) is 24.2 Å². The summed E-state index contributed by atoms with van der Waals surface area (Å²) in [6.45, 7) is 2.92. The fraction of sp³-hybridized carbons (Fsp3) is 0.556. The van der Waals surface area contributed by atoms with Gasteiger partial charge >= 0.3 is 5.00 Å². The first kappa shape index (κ1) is 9.61. The van der Waals surface area contributed by atoms with Crippen molar-refractivity contribution >= 4 is 16.3 Å². The number of hydrogen-bond acceptors (Lipinski definition) is 4. The molecule has 1 aromatic heterocycles. The van der Waals surface area contributed by atoms with Crippen molar-refractivity contribution in [3.05, 3.63) is 27.1 Å². The third-order valence-corrected chi connectivity index (χ3v) is 3.55. The first-order valence-electron chi connectivity index (χ1n) is 4.57. The summed E-state index contributed by atoms with van der Waals surface area (Å²) in [6.07, 6.45) is 2.42. The monoisotopic (exact) mass is 212 g/mol. The molecule has 0 unspecified atom stereocenters. The summed E-state index contributed by atoms with van der Waals surface area (Å²) in [5.74, 6) is 0. The molecule has 0 atom stereocenters. The summed E-state index contributed by atoms with van der Waals surface area (Å²) < 4.78 is 0. The van der Waals surface area contributed by atoms with E-state index in [2.05, 4.69) is 12.2 Å². The molecular weight excluding hydrogens is 200 g/mol. The maximum Gasteiger partial charge on any atom is 0.324 e. The molecule has 1 aliphatic carbocycles. The van der Waals surface area contributed by atoms with E-state index in [-0.39, 0.29) is 9.92 Å². The highest BCUT2D eigenvalue weighted by Crippen LogP contribution is 2.35. The maximum atomic E-state index is 10.4. The van der Waals surface area contributed by atoms with E-state index in [9.17, 15) is 10.1 Å². The summed E-state index contributed by atoms with van der Waals surface area (Å²) in [5, 5.41) is 14.0. The number of thiophene rings is 1. The van der Waals surface area contributed by atoms with Gasteiger partial charge in [0.05, 0.1) is 4.92 Å². The minimum absolute atomic E-state index is 0.225. The lowest BCUT2D eigenvalue weighted by Gasteiger charge is -2.08. The van der Waals surface area contributed by atoms with Crippen molar-refractivity contribution < 1.29 is 4.92 Å². The second-order valence-corrected chi connectivity index (χ2v) is 5.06. The van der Waals surface area contributed by atoms with Crippen LogP contribution in [0.3, 0.4) is 0 Å². The zero-order valence-corrected chi connectivity index (χ0v) is 8.76. The second-order valence-electron chi connectivity index (χ2n) is 3.91. The Morgan fingerprint density at radius 1 is 1.64 bits per heavy atom. The zero-order chi connectivity index (χ0) is 10.2. The number of nitrogens with zero attached hydrogens (tertiary/aromatic N) is 1. The van der Waals surface area contributed by atoms with Crippen LogP contribution in [0.5, 0.6) is 0 Å². The molecule has 14 heavy (non-hydrogen) atoms. The summed E-state index contributed by atoms with van der Waals surface area (Å²) >= 11 is 1.25. The third-order valence-electron chi connectivity index (χ3n) is 2.52. The van der Waals surface area contributed by atoms with Gasteiger partial charge in [0.1, 0.15) is 0 Å². The minimum Gasteiger partial charge on any atom is -0.307 e. The van der Waals surface area contributed by atoms with Crippen molar-refractivity contribution in [2.45, 2.75) is 31.8 Å². The molecule has 0 aliphatic heterocycles. The predicted octanol–water partition coefficient (Wildman–Crippen LogP) is 2.30. The maximum absolute atomic E-state index is 10.4. The predicted molar refractivity (Wildman–Crippen MR) is 55.5 cm³/mol. The van der Waals surface area contributed by atoms with Crippen LogP contribution in [0.2, 0.25) is 0 Å². The van der Waals surface area contributed by atoms with Crippen LogP contribution in [0.1, 0.15) is 24.6 Å². The van der Waals surface area contributed by atoms with Gasteiger partial charge in [-0.15, -0.1) is 0 Å². The van der Waals surface area contributed by atoms with Crippen molar-refractivity contribution in [1.29, 1.82) is 0 Å². The molecule has 1 fully saturated rings. The molecule has 0 aromatic carbocycles. The molecular formula is C9H12N2O2S. The average molecular weight is 212 g/mol. The number of nitrogens with one attached hydrogen (secondary N) is 1. The van der Waals surface area contributed by atoms with Crippen LogP contribution in [0.25, 0.3) is 0 Å². The lowest BCUT2D eigenvalue weighted by atomic mass is 10.3. The van der Waals surface area contributed by atoms with E-state index in [0.29, 0.717) is 5.54 Å². The van der Waals surface area contributed by atoms with Crippen LogP contribution in [-0.2, 0) is 6.54 Å². The minimum atomic E-state index is -0.340. The first-order chi connectivity index (χ1) is 6.59. The highest BCUT2D eigenvalue weighted by Gasteiger charge is 2.36. The van der Waals surface area contributed by atoms with Gasteiger partial charge < -0.3 is 5.32 Å². The number of hydrogen-bond donors (Lipinski definition) is 1. The van der Waals surface area contributed by atoms with E-state index in [0.717, 1.165) is 11.4 Å². The van der Waals surface area contributed by atoms with Gasteiger partial charge in [-0.25, -0.2) is 0 Å². The molecule has 0 spiro atoms.